The molecular weight excluding hydrogens is 318 g/mol. The molecule has 0 atom stereocenters. The van der Waals surface area contributed by atoms with Crippen LogP contribution in [0.2, 0.25) is 0 Å². The second kappa shape index (κ2) is 8.82. The van der Waals surface area contributed by atoms with Gasteiger partial charge in [0.05, 0.1) is 21.3 Å². The topological polar surface area (TPSA) is 64.1 Å². The van der Waals surface area contributed by atoms with E-state index in [2.05, 4.69) is 21.7 Å². The van der Waals surface area contributed by atoms with Crippen molar-refractivity contribution in [3.8, 4) is 17.2 Å². The Balaban J connectivity index is 2.02. The maximum atomic E-state index is 5.32. The number of nitrogens with zero attached hydrogens (tertiary/aromatic N) is 1. The van der Waals surface area contributed by atoms with Gasteiger partial charge in [0.2, 0.25) is 0 Å². The first-order chi connectivity index (χ1) is 12.1. The molecule has 0 saturated carbocycles. The summed E-state index contributed by atoms with van der Waals surface area (Å²) < 4.78 is 15.9. The minimum Gasteiger partial charge on any atom is -0.496 e. The Kier molecular flexibility index (Phi) is 6.51. The van der Waals surface area contributed by atoms with Crippen molar-refractivity contribution in [3.63, 3.8) is 0 Å². The Morgan fingerprint density at radius 3 is 2.20 bits per heavy atom. The number of benzene rings is 2. The Morgan fingerprint density at radius 2 is 1.60 bits per heavy atom. The van der Waals surface area contributed by atoms with Gasteiger partial charge in [-0.15, -0.1) is 0 Å². The van der Waals surface area contributed by atoms with E-state index in [4.69, 9.17) is 14.2 Å². The lowest BCUT2D eigenvalue weighted by atomic mass is 10.1. The van der Waals surface area contributed by atoms with E-state index in [1.807, 2.05) is 37.3 Å². The minimum absolute atomic E-state index is 0.651. The van der Waals surface area contributed by atoms with Crippen molar-refractivity contribution in [1.82, 2.24) is 5.32 Å². The number of hydrogen-bond donors (Lipinski definition) is 2. The fraction of sp³-hybridized carbons (Fsp3) is 0.316. The van der Waals surface area contributed by atoms with Crippen LogP contribution in [0.4, 0.5) is 5.69 Å². The van der Waals surface area contributed by atoms with Crippen molar-refractivity contribution in [1.29, 1.82) is 0 Å². The van der Waals surface area contributed by atoms with E-state index in [-0.39, 0.29) is 0 Å². The Labute approximate surface area is 148 Å². The number of rotatable bonds is 6. The molecule has 0 fully saturated rings. The maximum absolute atomic E-state index is 5.32. The number of guanidine groups is 1. The van der Waals surface area contributed by atoms with Crippen molar-refractivity contribution < 1.29 is 14.2 Å². The molecule has 2 aromatic rings. The molecule has 0 amide bonds. The van der Waals surface area contributed by atoms with Gasteiger partial charge in [-0.1, -0.05) is 12.1 Å². The molecule has 0 bridgehead atoms. The number of anilines is 1. The van der Waals surface area contributed by atoms with Crippen molar-refractivity contribution in [2.75, 3.05) is 33.7 Å². The molecule has 2 rings (SSSR count). The average molecular weight is 343 g/mol. The monoisotopic (exact) mass is 343 g/mol. The van der Waals surface area contributed by atoms with Gasteiger partial charge in [-0.3, -0.25) is 4.99 Å². The normalized spacial score (nSPS) is 11.0. The Morgan fingerprint density at radius 1 is 0.920 bits per heavy atom. The van der Waals surface area contributed by atoms with Crippen LogP contribution in [0, 0.1) is 6.92 Å². The second-order valence-corrected chi connectivity index (χ2v) is 5.42. The first kappa shape index (κ1) is 18.4. The number of nitrogens with one attached hydrogen (secondary N) is 2. The standard InChI is InChI=1S/C19H25N3O3/c1-13-10-14(6-8-16(13)23-3)12-21-19(20-2)22-15-7-9-17(24-4)18(11-15)25-5/h6-11H,12H2,1-5H3,(H2,20,21,22). The van der Waals surface area contributed by atoms with Crippen LogP contribution in [0.3, 0.4) is 0 Å². The highest BCUT2D eigenvalue weighted by atomic mass is 16.5. The Hall–Kier alpha value is -2.89. The van der Waals surface area contributed by atoms with Crippen LogP contribution in [0.1, 0.15) is 11.1 Å². The fourth-order valence-electron chi connectivity index (χ4n) is 2.47. The van der Waals surface area contributed by atoms with Crippen LogP contribution in [0.5, 0.6) is 17.2 Å². The number of aryl methyl sites for hydroxylation is 1. The first-order valence-electron chi connectivity index (χ1n) is 7.94. The summed E-state index contributed by atoms with van der Waals surface area (Å²) in [4.78, 5) is 4.25. The van der Waals surface area contributed by atoms with Gasteiger partial charge in [0.25, 0.3) is 0 Å². The van der Waals surface area contributed by atoms with Crippen LogP contribution in [-0.2, 0) is 6.54 Å². The van der Waals surface area contributed by atoms with Crippen LogP contribution < -0.4 is 24.8 Å². The SMILES string of the molecule is CN=C(NCc1ccc(OC)c(C)c1)Nc1ccc(OC)c(OC)c1. The summed E-state index contributed by atoms with van der Waals surface area (Å²) in [5.41, 5.74) is 3.11. The zero-order chi connectivity index (χ0) is 18.2. The summed E-state index contributed by atoms with van der Waals surface area (Å²) in [6.07, 6.45) is 0. The predicted octanol–water partition coefficient (Wildman–Crippen LogP) is 3.21. The predicted molar refractivity (Wildman–Crippen MR) is 101 cm³/mol. The summed E-state index contributed by atoms with van der Waals surface area (Å²) in [7, 11) is 6.63. The second-order valence-electron chi connectivity index (χ2n) is 5.42. The molecular formula is C19H25N3O3. The maximum Gasteiger partial charge on any atom is 0.195 e. The lowest BCUT2D eigenvalue weighted by Crippen LogP contribution is -2.30. The summed E-state index contributed by atoms with van der Waals surface area (Å²) in [5, 5.41) is 6.53. The van der Waals surface area contributed by atoms with E-state index in [0.717, 1.165) is 22.6 Å². The summed E-state index contributed by atoms with van der Waals surface area (Å²) >= 11 is 0. The molecule has 0 radical (unpaired) electrons. The van der Waals surface area contributed by atoms with E-state index in [1.54, 1.807) is 28.4 Å². The van der Waals surface area contributed by atoms with Gasteiger partial charge in [0, 0.05) is 25.3 Å². The fourth-order valence-corrected chi connectivity index (χ4v) is 2.47. The third kappa shape index (κ3) is 4.79. The van der Waals surface area contributed by atoms with Crippen LogP contribution in [-0.4, -0.2) is 34.3 Å². The molecule has 0 aliphatic heterocycles. The largest absolute Gasteiger partial charge is 0.496 e. The molecule has 0 aliphatic carbocycles. The molecule has 0 heterocycles. The molecule has 6 heteroatoms. The molecule has 2 aromatic carbocycles. The highest BCUT2D eigenvalue weighted by Gasteiger charge is 2.07. The molecule has 6 nitrogen and oxygen atoms in total. The zero-order valence-electron chi connectivity index (χ0n) is 15.3. The number of aliphatic imine (C=N–C) groups is 1. The van der Waals surface area contributed by atoms with E-state index in [1.165, 1.54) is 0 Å². The van der Waals surface area contributed by atoms with Gasteiger partial charge in [-0.25, -0.2) is 0 Å². The molecule has 0 aromatic heterocycles. The molecule has 2 N–H and O–H groups in total. The quantitative estimate of drug-likeness (QED) is 0.623. The number of ether oxygens (including phenoxy) is 3. The highest BCUT2D eigenvalue weighted by Crippen LogP contribution is 2.29. The Bertz CT molecular complexity index is 745. The van der Waals surface area contributed by atoms with Crippen LogP contribution >= 0.6 is 0 Å². The summed E-state index contributed by atoms with van der Waals surface area (Å²) in [6.45, 7) is 2.68. The van der Waals surface area contributed by atoms with Gasteiger partial charge < -0.3 is 24.8 Å². The van der Waals surface area contributed by atoms with Gasteiger partial charge in [-0.2, -0.15) is 0 Å². The lowest BCUT2D eigenvalue weighted by molar-refractivity contribution is 0.355. The molecule has 0 spiro atoms. The third-order valence-electron chi connectivity index (χ3n) is 3.79. The van der Waals surface area contributed by atoms with Crippen LogP contribution in [0.15, 0.2) is 41.4 Å². The zero-order valence-corrected chi connectivity index (χ0v) is 15.3. The van der Waals surface area contributed by atoms with E-state index >= 15 is 0 Å². The van der Waals surface area contributed by atoms with E-state index in [0.29, 0.717) is 24.0 Å². The van der Waals surface area contributed by atoms with Crippen molar-refractivity contribution >= 4 is 11.6 Å². The lowest BCUT2D eigenvalue weighted by Gasteiger charge is -2.14. The van der Waals surface area contributed by atoms with Gasteiger partial charge in [0.1, 0.15) is 5.75 Å². The van der Waals surface area contributed by atoms with Crippen molar-refractivity contribution in [2.24, 2.45) is 4.99 Å². The first-order valence-corrected chi connectivity index (χ1v) is 7.94. The van der Waals surface area contributed by atoms with Crippen molar-refractivity contribution in [3.05, 3.63) is 47.5 Å². The average Bonchev–Trinajstić information content (AvgIpc) is 2.64. The number of hydrogen-bond acceptors (Lipinski definition) is 4. The summed E-state index contributed by atoms with van der Waals surface area (Å²) in [6, 6.07) is 11.7. The molecule has 134 valence electrons. The number of methoxy groups -OCH3 is 3. The van der Waals surface area contributed by atoms with Crippen molar-refractivity contribution in [2.45, 2.75) is 13.5 Å². The molecule has 25 heavy (non-hydrogen) atoms. The molecule has 0 unspecified atom stereocenters. The minimum atomic E-state index is 0.651. The van der Waals surface area contributed by atoms with Gasteiger partial charge in [0.15, 0.2) is 17.5 Å². The molecule has 0 saturated heterocycles. The smallest absolute Gasteiger partial charge is 0.195 e. The van der Waals surface area contributed by atoms with Gasteiger partial charge >= 0.3 is 0 Å². The summed E-state index contributed by atoms with van der Waals surface area (Å²) in [5.74, 6) is 2.90. The molecule has 0 aliphatic rings. The highest BCUT2D eigenvalue weighted by molar-refractivity contribution is 5.93. The third-order valence-corrected chi connectivity index (χ3v) is 3.79. The van der Waals surface area contributed by atoms with Gasteiger partial charge in [-0.05, 0) is 36.2 Å². The van der Waals surface area contributed by atoms with E-state index in [9.17, 15) is 0 Å². The van der Waals surface area contributed by atoms with E-state index < -0.39 is 0 Å². The van der Waals surface area contributed by atoms with Crippen LogP contribution in [0.25, 0.3) is 0 Å².